The number of hydrogen-bond donors (Lipinski definition) is 8. The Kier molecular flexibility index (Phi) is 16.4. The number of nitrogens with two attached hydrogens (primary N) is 1. The molecule has 3 amide bonds. The molecule has 9 rings (SSSR count). The van der Waals surface area contributed by atoms with Crippen LogP contribution >= 0.6 is 15.6 Å². The molecule has 0 spiro atoms. The molecule has 9 N–H and O–H groups in total. The summed E-state index contributed by atoms with van der Waals surface area (Å²) in [6.07, 6.45) is -1.38. The summed E-state index contributed by atoms with van der Waals surface area (Å²) >= 11 is 0. The van der Waals surface area contributed by atoms with Crippen LogP contribution in [0.1, 0.15) is 107 Å². The number of allylic oxidation sites excluding steroid dienone is 2. The van der Waals surface area contributed by atoms with Gasteiger partial charge in [-0.15, -0.1) is 0 Å². The van der Waals surface area contributed by atoms with Gasteiger partial charge in [0.15, 0.2) is 18.0 Å². The number of aromatic amines is 1. The van der Waals surface area contributed by atoms with Crippen LogP contribution in [-0.2, 0) is 39.3 Å². The molecule has 6 heterocycles. The van der Waals surface area contributed by atoms with Crippen molar-refractivity contribution < 1.29 is 70.9 Å². The zero-order chi connectivity index (χ0) is 59.5. The fraction of sp³-hybridized carbons (Fsp3) is 0.436. The number of hydrogen-bond acceptors (Lipinski definition) is 15. The minimum absolute atomic E-state index is 0.00475. The molecule has 3 aromatic carbocycles. The minimum atomic E-state index is -5.50. The Hall–Kier alpha value is -7.05. The number of carbonyl (C=O) groups excluding carboxylic acids is 3. The molecule has 82 heavy (non-hydrogen) atoms. The number of phosphoric acid groups is 2. The van der Waals surface area contributed by atoms with Gasteiger partial charge in [-0.1, -0.05) is 29.3 Å². The summed E-state index contributed by atoms with van der Waals surface area (Å²) < 4.78 is 55.3. The van der Waals surface area contributed by atoms with E-state index in [1.54, 1.807) is 11.9 Å². The number of ether oxygens (including phenoxy) is 3. The summed E-state index contributed by atoms with van der Waals surface area (Å²) in [5.41, 5.74) is 13.1. The molecule has 5 aromatic rings. The number of benzene rings is 3. The van der Waals surface area contributed by atoms with Crippen molar-refractivity contribution in [2.24, 2.45) is 7.05 Å². The van der Waals surface area contributed by atoms with Gasteiger partial charge in [-0.2, -0.15) is 4.31 Å². The van der Waals surface area contributed by atoms with Crippen LogP contribution in [-0.4, -0.2) is 133 Å². The van der Waals surface area contributed by atoms with E-state index in [-0.39, 0.29) is 66.1 Å². The van der Waals surface area contributed by atoms with Gasteiger partial charge in [-0.05, 0) is 88.9 Å². The van der Waals surface area contributed by atoms with Gasteiger partial charge in [0.2, 0.25) is 23.0 Å². The van der Waals surface area contributed by atoms with E-state index in [4.69, 9.17) is 29.7 Å². The molecular weight excluding hydrogens is 1100 g/mol. The van der Waals surface area contributed by atoms with Crippen molar-refractivity contribution in [1.82, 2.24) is 34.6 Å². The fourth-order valence-corrected chi connectivity index (χ4v) is 13.4. The number of nitrogens with zero attached hydrogens (tertiary/aromatic N) is 6. The second-order valence-corrected chi connectivity index (χ2v) is 24.7. The Morgan fingerprint density at radius 1 is 0.951 bits per heavy atom. The van der Waals surface area contributed by atoms with Crippen LogP contribution < -0.4 is 51.3 Å². The largest absolute Gasteiger partial charge is 0.481 e. The molecule has 1 unspecified atom stereocenters. The molecule has 1 fully saturated rings. The lowest BCUT2D eigenvalue weighted by molar-refractivity contribution is -0.745. The highest BCUT2D eigenvalue weighted by Crippen LogP contribution is 2.58. The lowest BCUT2D eigenvalue weighted by Gasteiger charge is -2.43. The summed E-state index contributed by atoms with van der Waals surface area (Å²) in [6.45, 7) is 18.0. The minimum Gasteiger partial charge on any atom is -0.456 e. The molecule has 25 nitrogen and oxygen atoms in total. The highest BCUT2D eigenvalue weighted by molar-refractivity contribution is 7.60. The molecule has 0 bridgehead atoms. The average Bonchev–Trinajstić information content (AvgIpc) is 1.31. The number of aryl methyl sites for hydroxylation is 1. The van der Waals surface area contributed by atoms with Gasteiger partial charge < -0.3 is 60.2 Å². The van der Waals surface area contributed by atoms with E-state index >= 15 is 0 Å². The second-order valence-electron chi connectivity index (χ2n) is 21.8. The molecule has 4 aliphatic rings. The maximum absolute atomic E-state index is 14.7. The number of rotatable bonds is 18. The Morgan fingerprint density at radius 3 is 2.37 bits per heavy atom. The summed E-state index contributed by atoms with van der Waals surface area (Å²) in [4.78, 5) is 92.3. The highest BCUT2D eigenvalue weighted by Gasteiger charge is 2.51. The molecule has 0 saturated carbocycles. The third-order valence-corrected chi connectivity index (χ3v) is 17.3. The lowest BCUT2D eigenvalue weighted by Crippen LogP contribution is -2.49. The summed E-state index contributed by atoms with van der Waals surface area (Å²) in [6, 6.07) is 16.2. The number of amides is 3. The predicted octanol–water partition coefficient (Wildman–Crippen LogP) is 3.46. The van der Waals surface area contributed by atoms with Crippen LogP contribution in [0.5, 0.6) is 11.5 Å². The van der Waals surface area contributed by atoms with Crippen molar-refractivity contribution in [1.29, 1.82) is 0 Å². The number of nitrogens with one attached hydrogen (secondary N) is 3. The van der Waals surface area contributed by atoms with Crippen LogP contribution in [0.15, 0.2) is 71.8 Å². The first-order valence-corrected chi connectivity index (χ1v) is 29.8. The van der Waals surface area contributed by atoms with Crippen molar-refractivity contribution in [3.63, 3.8) is 0 Å². The number of carbonyl (C=O) groups is 3. The van der Waals surface area contributed by atoms with Crippen molar-refractivity contribution in [3.05, 3.63) is 116 Å². The molecule has 2 aromatic heterocycles. The van der Waals surface area contributed by atoms with E-state index in [2.05, 4.69) is 131 Å². The van der Waals surface area contributed by atoms with Gasteiger partial charge in [0.25, 0.3) is 17.4 Å². The van der Waals surface area contributed by atoms with Crippen molar-refractivity contribution in [2.75, 3.05) is 57.0 Å². The second kappa shape index (κ2) is 22.6. The topological polar surface area (TPSA) is 327 Å². The monoisotopic (exact) mass is 1170 g/mol. The van der Waals surface area contributed by atoms with E-state index in [1.807, 2.05) is 24.3 Å². The number of phosphoric ester groups is 1. The summed E-state index contributed by atoms with van der Waals surface area (Å²) in [5, 5.41) is 18.4. The quantitative estimate of drug-likeness (QED) is 0.0347. The van der Waals surface area contributed by atoms with Gasteiger partial charge in [-0.3, -0.25) is 28.5 Å². The molecular formula is C55H70N10O15P2+2. The number of imidazole rings is 1. The number of anilines is 2. The zero-order valence-electron chi connectivity index (χ0n) is 47.3. The Balaban J connectivity index is 0.878. The van der Waals surface area contributed by atoms with Crippen molar-refractivity contribution in [2.45, 2.75) is 104 Å². The Labute approximate surface area is 472 Å². The summed E-state index contributed by atoms with van der Waals surface area (Å²) in [5.74, 6) is 0.494. The molecule has 0 aliphatic carbocycles. The number of nitrogen functional groups attached to an aromatic ring is 1. The lowest BCUT2D eigenvalue weighted by atomic mass is 9.83. The highest BCUT2D eigenvalue weighted by atomic mass is 31.3. The Morgan fingerprint density at radius 2 is 1.66 bits per heavy atom. The Bertz CT molecular complexity index is 3790. The maximum Gasteiger partial charge on any atom is 0.481 e. The number of fused-ring (bicyclic) bond motifs is 5. The molecule has 1 saturated heterocycles. The summed E-state index contributed by atoms with van der Waals surface area (Å²) in [7, 11) is -7.71. The van der Waals surface area contributed by atoms with Crippen molar-refractivity contribution in [3.8, 4) is 11.5 Å². The van der Waals surface area contributed by atoms with E-state index in [1.165, 1.54) is 22.5 Å². The van der Waals surface area contributed by atoms with E-state index in [0.717, 1.165) is 68.3 Å². The predicted molar refractivity (Wildman–Crippen MR) is 303 cm³/mol. The molecule has 5 atom stereocenters. The van der Waals surface area contributed by atoms with Crippen molar-refractivity contribution >= 4 is 73.1 Å². The van der Waals surface area contributed by atoms with Crippen LogP contribution in [0.4, 0.5) is 16.4 Å². The van der Waals surface area contributed by atoms with Crippen LogP contribution in [0.3, 0.4) is 0 Å². The van der Waals surface area contributed by atoms with Gasteiger partial charge in [0.05, 0.1) is 25.3 Å². The smallest absolute Gasteiger partial charge is 0.456 e. The number of aromatic nitrogens is 4. The first-order chi connectivity index (χ1) is 38.5. The third kappa shape index (κ3) is 11.8. The molecule has 438 valence electrons. The maximum atomic E-state index is 14.7. The first-order valence-electron chi connectivity index (χ1n) is 26.8. The van der Waals surface area contributed by atoms with Gasteiger partial charge in [0.1, 0.15) is 30.3 Å². The van der Waals surface area contributed by atoms with E-state index < -0.39 is 58.4 Å². The molecule has 0 radical (unpaired) electrons. The van der Waals surface area contributed by atoms with Gasteiger partial charge >= 0.3 is 27.4 Å². The van der Waals surface area contributed by atoms with E-state index in [9.17, 15) is 38.3 Å². The van der Waals surface area contributed by atoms with Crippen LogP contribution in [0.25, 0.3) is 27.9 Å². The third-order valence-electron chi connectivity index (χ3n) is 15.2. The SMILES string of the molecule is CCN1c2cc3c(cc2C(C)=CC1(C)C)C(c1ccccc1C(=O)N(C)CCCC(=O)NCCNC(=O)O[C@@H]1[C@H](O)[C@@H](COP(=O)(O)OP(=O)(O)O)O[C@H]1[n+]1cn(C)c2c(=O)[nH]c(N)nc21)=c1cc2c(cc1O3)=[N+](CC)C(C)(C)C=C2C. The van der Waals surface area contributed by atoms with E-state index in [0.29, 0.717) is 23.5 Å². The fourth-order valence-electron chi connectivity index (χ4n) is 11.8. The normalized spacial score (nSPS) is 20.3. The molecule has 4 aliphatic heterocycles. The number of H-pyrrole nitrogens is 1. The first kappa shape index (κ1) is 59.6. The van der Waals surface area contributed by atoms with Gasteiger partial charge in [0, 0.05) is 98.3 Å². The zero-order valence-corrected chi connectivity index (χ0v) is 49.0. The number of alkyl carbamates (subject to hydrolysis) is 1. The number of aliphatic hydroxyl groups is 1. The van der Waals surface area contributed by atoms with Crippen LogP contribution in [0.2, 0.25) is 0 Å². The van der Waals surface area contributed by atoms with Gasteiger partial charge in [-0.25, -0.2) is 23.1 Å². The number of likely N-dealkylation sites (N-methyl/N-ethyl adjacent to an activating group) is 2. The van der Waals surface area contributed by atoms with Crippen LogP contribution in [0, 0.1) is 0 Å². The molecule has 27 heteroatoms. The average molecular weight is 1170 g/mol. The standard InChI is InChI=1S/C55H68N10O15P2/c1-11-64-38-24-40-36(22-34(38)30(3)26-54(64,5)6)44(37-23-35-31(4)27-55(7,8)65(12-2)39(35)25-41(37)77-40)32-16-13-14-17-33(32)50(69)61(9)21-15-18-43(66)57-19-20-58-53(70)79-47-46(67)42(28-76-82(74,75)80-81(71,72)73)78-51(47)63-29-62(10)45-48(63)59-52(56)60-49(45)68/h13-14,16-17,22-27,29,42,46-47,51,67H,11-12,15,18-21,28H2,1-10H3,(H6-2,56,57,58,59,60,66,68,70,71,72,73,74,75)/p+2/t42-,46-,47-,51-/m1/s1. The number of aliphatic hydroxyl groups excluding tert-OH is 1.